The van der Waals surface area contributed by atoms with E-state index in [9.17, 15) is 0 Å². The average Bonchev–Trinajstić information content (AvgIpc) is 1.99. The first-order valence-electron chi connectivity index (χ1n) is 3.96. The highest BCUT2D eigenvalue weighted by Gasteiger charge is 1.95. The van der Waals surface area contributed by atoms with Crippen molar-refractivity contribution in [3.63, 3.8) is 0 Å². The van der Waals surface area contributed by atoms with Gasteiger partial charge in [-0.2, -0.15) is 5.26 Å². The van der Waals surface area contributed by atoms with E-state index in [-0.39, 0.29) is 0 Å². The molecule has 0 radical (unpaired) electrons. The summed E-state index contributed by atoms with van der Waals surface area (Å²) in [4.78, 5) is 0. The van der Waals surface area contributed by atoms with Crippen molar-refractivity contribution in [1.29, 1.82) is 5.26 Å². The Bertz CT molecular complexity index is 172. The van der Waals surface area contributed by atoms with Crippen LogP contribution in [0.25, 0.3) is 0 Å². The Kier molecular flexibility index (Phi) is 6.42. The van der Waals surface area contributed by atoms with Crippen molar-refractivity contribution in [1.82, 2.24) is 0 Å². The van der Waals surface area contributed by atoms with E-state index < -0.39 is 0 Å². The van der Waals surface area contributed by atoms with E-state index in [4.69, 9.17) is 5.26 Å². The van der Waals surface area contributed by atoms with Crippen molar-refractivity contribution in [2.75, 3.05) is 0 Å². The van der Waals surface area contributed by atoms with Gasteiger partial charge in [0.2, 0.25) is 0 Å². The SMILES string of the molecule is C/C=C/C=C/CC(C)CC#N. The van der Waals surface area contributed by atoms with E-state index in [1.807, 2.05) is 25.2 Å². The maximum Gasteiger partial charge on any atom is 0.0624 e. The molecule has 0 aromatic heterocycles. The minimum absolute atomic E-state index is 0.488. The Morgan fingerprint density at radius 2 is 2.18 bits per heavy atom. The van der Waals surface area contributed by atoms with Crippen LogP contribution in [0.1, 0.15) is 26.7 Å². The van der Waals surface area contributed by atoms with Crippen LogP contribution in [-0.4, -0.2) is 0 Å². The standard InChI is InChI=1S/C10H15N/c1-3-4-5-6-7-10(2)8-9-11/h3-6,10H,7-8H2,1-2H3/b4-3+,6-5+. The second-order valence-corrected chi connectivity index (χ2v) is 2.66. The van der Waals surface area contributed by atoms with Crippen molar-refractivity contribution in [2.24, 2.45) is 5.92 Å². The number of hydrogen-bond acceptors (Lipinski definition) is 1. The van der Waals surface area contributed by atoms with Crippen LogP contribution in [0.3, 0.4) is 0 Å². The van der Waals surface area contributed by atoms with E-state index in [2.05, 4.69) is 19.1 Å². The molecule has 0 aliphatic carbocycles. The smallest absolute Gasteiger partial charge is 0.0624 e. The first kappa shape index (κ1) is 9.97. The molecule has 0 rings (SSSR count). The van der Waals surface area contributed by atoms with Crippen LogP contribution in [-0.2, 0) is 0 Å². The third-order valence-corrected chi connectivity index (χ3v) is 1.42. The van der Waals surface area contributed by atoms with Gasteiger partial charge in [0.1, 0.15) is 0 Å². The van der Waals surface area contributed by atoms with Gasteiger partial charge in [0.25, 0.3) is 0 Å². The maximum absolute atomic E-state index is 8.35. The fourth-order valence-corrected chi connectivity index (χ4v) is 0.740. The molecule has 0 aliphatic rings. The second kappa shape index (κ2) is 7.08. The summed E-state index contributed by atoms with van der Waals surface area (Å²) in [5.74, 6) is 0.488. The van der Waals surface area contributed by atoms with Crippen molar-refractivity contribution in [3.8, 4) is 6.07 Å². The third-order valence-electron chi connectivity index (χ3n) is 1.42. The molecule has 0 aliphatic heterocycles. The lowest BCUT2D eigenvalue weighted by atomic mass is 10.1. The Morgan fingerprint density at radius 3 is 2.73 bits per heavy atom. The zero-order valence-corrected chi connectivity index (χ0v) is 7.25. The molecule has 0 bridgehead atoms. The molecule has 0 N–H and O–H groups in total. The zero-order chi connectivity index (χ0) is 8.53. The number of nitriles is 1. The van der Waals surface area contributed by atoms with E-state index in [1.165, 1.54) is 0 Å². The highest BCUT2D eigenvalue weighted by molar-refractivity contribution is 5.01. The molecule has 0 spiro atoms. The molecule has 1 nitrogen and oxygen atoms in total. The molecule has 0 aromatic rings. The summed E-state index contributed by atoms with van der Waals surface area (Å²) in [7, 11) is 0. The lowest BCUT2D eigenvalue weighted by Crippen LogP contribution is -1.88. The largest absolute Gasteiger partial charge is 0.198 e. The molecule has 0 amide bonds. The monoisotopic (exact) mass is 149 g/mol. The van der Waals surface area contributed by atoms with Crippen LogP contribution >= 0.6 is 0 Å². The van der Waals surface area contributed by atoms with Gasteiger partial charge < -0.3 is 0 Å². The fraction of sp³-hybridized carbons (Fsp3) is 0.500. The van der Waals surface area contributed by atoms with E-state index in [1.54, 1.807) is 0 Å². The van der Waals surface area contributed by atoms with Crippen molar-refractivity contribution in [3.05, 3.63) is 24.3 Å². The van der Waals surface area contributed by atoms with Crippen LogP contribution in [0.5, 0.6) is 0 Å². The minimum atomic E-state index is 0.488. The molecule has 0 saturated carbocycles. The van der Waals surface area contributed by atoms with Crippen molar-refractivity contribution >= 4 is 0 Å². The van der Waals surface area contributed by atoms with Gasteiger partial charge in [0.05, 0.1) is 6.07 Å². The molecule has 0 aromatic carbocycles. The zero-order valence-electron chi connectivity index (χ0n) is 7.25. The fourth-order valence-electron chi connectivity index (χ4n) is 0.740. The quantitative estimate of drug-likeness (QED) is 0.563. The summed E-state index contributed by atoms with van der Waals surface area (Å²) >= 11 is 0. The average molecular weight is 149 g/mol. The van der Waals surface area contributed by atoms with Gasteiger partial charge in [-0.3, -0.25) is 0 Å². The maximum atomic E-state index is 8.35. The Labute approximate surface area is 69.0 Å². The van der Waals surface area contributed by atoms with Crippen LogP contribution in [0.15, 0.2) is 24.3 Å². The second-order valence-electron chi connectivity index (χ2n) is 2.66. The molecule has 0 heterocycles. The number of hydrogen-bond donors (Lipinski definition) is 0. The predicted octanol–water partition coefficient (Wildman–Crippen LogP) is 3.06. The Hall–Kier alpha value is -1.03. The van der Waals surface area contributed by atoms with Crippen LogP contribution in [0.2, 0.25) is 0 Å². The van der Waals surface area contributed by atoms with E-state index in [0.717, 1.165) is 6.42 Å². The molecule has 0 fully saturated rings. The Balaban J connectivity index is 3.46. The van der Waals surface area contributed by atoms with Crippen molar-refractivity contribution < 1.29 is 0 Å². The van der Waals surface area contributed by atoms with Gasteiger partial charge >= 0.3 is 0 Å². The van der Waals surface area contributed by atoms with Gasteiger partial charge in [0, 0.05) is 6.42 Å². The summed E-state index contributed by atoms with van der Waals surface area (Å²) in [5, 5.41) is 8.35. The van der Waals surface area contributed by atoms with Gasteiger partial charge in [0.15, 0.2) is 0 Å². The Morgan fingerprint density at radius 1 is 1.45 bits per heavy atom. The summed E-state index contributed by atoms with van der Waals surface area (Å²) < 4.78 is 0. The van der Waals surface area contributed by atoms with Crippen LogP contribution in [0, 0.1) is 17.2 Å². The molecule has 0 saturated heterocycles. The molecule has 1 atom stereocenters. The third kappa shape index (κ3) is 6.86. The molecule has 60 valence electrons. The number of nitrogens with zero attached hydrogens (tertiary/aromatic N) is 1. The lowest BCUT2D eigenvalue weighted by molar-refractivity contribution is 0.609. The lowest BCUT2D eigenvalue weighted by Gasteiger charge is -1.99. The normalized spacial score (nSPS) is 13.9. The van der Waals surface area contributed by atoms with Gasteiger partial charge in [-0.25, -0.2) is 0 Å². The molecule has 1 unspecified atom stereocenters. The highest BCUT2D eigenvalue weighted by atomic mass is 14.2. The van der Waals surface area contributed by atoms with Crippen LogP contribution in [0.4, 0.5) is 0 Å². The topological polar surface area (TPSA) is 23.8 Å². The summed E-state index contributed by atoms with van der Waals surface area (Å²) in [6.45, 7) is 4.08. The van der Waals surface area contributed by atoms with Crippen molar-refractivity contribution in [2.45, 2.75) is 26.7 Å². The molecule has 1 heteroatoms. The minimum Gasteiger partial charge on any atom is -0.198 e. The first-order valence-corrected chi connectivity index (χ1v) is 3.96. The molecular formula is C10H15N. The summed E-state index contributed by atoms with van der Waals surface area (Å²) in [5.41, 5.74) is 0. The number of allylic oxidation sites excluding steroid dienone is 4. The van der Waals surface area contributed by atoms with E-state index >= 15 is 0 Å². The van der Waals surface area contributed by atoms with E-state index in [0.29, 0.717) is 12.3 Å². The highest BCUT2D eigenvalue weighted by Crippen LogP contribution is 2.06. The number of rotatable bonds is 4. The predicted molar refractivity (Wildman–Crippen MR) is 48.0 cm³/mol. The van der Waals surface area contributed by atoms with Crippen LogP contribution < -0.4 is 0 Å². The van der Waals surface area contributed by atoms with Gasteiger partial charge in [-0.1, -0.05) is 31.2 Å². The molecular weight excluding hydrogens is 134 g/mol. The first-order chi connectivity index (χ1) is 5.31. The summed E-state index contributed by atoms with van der Waals surface area (Å²) in [6.07, 6.45) is 9.76. The van der Waals surface area contributed by atoms with Gasteiger partial charge in [-0.15, -0.1) is 0 Å². The summed E-state index contributed by atoms with van der Waals surface area (Å²) in [6, 6.07) is 2.16. The molecule has 11 heavy (non-hydrogen) atoms. The van der Waals surface area contributed by atoms with Gasteiger partial charge in [-0.05, 0) is 19.3 Å².